The van der Waals surface area contributed by atoms with Gasteiger partial charge in [-0.3, -0.25) is 4.79 Å². The topological polar surface area (TPSA) is 49.3 Å². The van der Waals surface area contributed by atoms with Crippen molar-refractivity contribution in [2.45, 2.75) is 18.9 Å². The molecular formula is C11H13NNaO2. The molecule has 0 unspecified atom stereocenters. The van der Waals surface area contributed by atoms with Crippen LogP contribution in [-0.4, -0.2) is 53.2 Å². The van der Waals surface area contributed by atoms with Crippen molar-refractivity contribution in [1.29, 1.82) is 0 Å². The zero-order chi connectivity index (χ0) is 9.97. The Morgan fingerprint density at radius 1 is 1.33 bits per heavy atom. The van der Waals surface area contributed by atoms with Crippen LogP contribution in [0, 0.1) is 0 Å². The Morgan fingerprint density at radius 2 is 1.87 bits per heavy atom. The third kappa shape index (κ3) is 3.31. The molecule has 2 rings (SSSR count). The van der Waals surface area contributed by atoms with Crippen LogP contribution in [0.5, 0.6) is 0 Å². The minimum absolute atomic E-state index is 0. The second kappa shape index (κ2) is 5.66. The van der Waals surface area contributed by atoms with E-state index in [9.17, 15) is 4.79 Å². The number of carboxylic acids is 1. The van der Waals surface area contributed by atoms with Gasteiger partial charge in [0.15, 0.2) is 0 Å². The fraction of sp³-hybridized carbons (Fsp3) is 0.364. The van der Waals surface area contributed by atoms with Gasteiger partial charge in [-0.05, 0) is 24.0 Å². The average Bonchev–Trinajstić information content (AvgIpc) is 2.57. The first-order chi connectivity index (χ1) is 6.75. The van der Waals surface area contributed by atoms with Crippen LogP contribution >= 0.6 is 0 Å². The molecule has 75 valence electrons. The molecule has 0 heterocycles. The first kappa shape index (κ1) is 12.7. The van der Waals surface area contributed by atoms with Gasteiger partial charge in [-0.2, -0.15) is 0 Å². The summed E-state index contributed by atoms with van der Waals surface area (Å²) < 4.78 is 0. The number of nitrogens with one attached hydrogen (secondary N) is 1. The molecule has 15 heavy (non-hydrogen) atoms. The number of fused-ring (bicyclic) bond motifs is 1. The summed E-state index contributed by atoms with van der Waals surface area (Å²) in [4.78, 5) is 10.4. The van der Waals surface area contributed by atoms with E-state index in [1.165, 1.54) is 11.1 Å². The fourth-order valence-electron chi connectivity index (χ4n) is 1.93. The Kier molecular flexibility index (Phi) is 4.80. The molecular weight excluding hydrogens is 201 g/mol. The normalized spacial score (nSPS) is 14.4. The van der Waals surface area contributed by atoms with Crippen molar-refractivity contribution in [1.82, 2.24) is 5.32 Å². The molecule has 3 nitrogen and oxygen atoms in total. The largest absolute Gasteiger partial charge is 0.480 e. The van der Waals surface area contributed by atoms with Gasteiger partial charge in [0.05, 0.1) is 6.54 Å². The van der Waals surface area contributed by atoms with Crippen LogP contribution in [0.2, 0.25) is 0 Å². The van der Waals surface area contributed by atoms with Gasteiger partial charge < -0.3 is 10.4 Å². The van der Waals surface area contributed by atoms with Crippen molar-refractivity contribution in [3.63, 3.8) is 0 Å². The molecule has 0 saturated heterocycles. The van der Waals surface area contributed by atoms with E-state index in [0.717, 1.165) is 12.8 Å². The standard InChI is InChI=1S/C11H13NO2.Na/c13-11(14)7-12-10-5-8-3-1-2-4-9(8)6-10;/h1-4,10,12H,5-7H2,(H,13,14);. The molecule has 0 atom stereocenters. The van der Waals surface area contributed by atoms with Gasteiger partial charge in [0.1, 0.15) is 0 Å². The molecule has 0 bridgehead atoms. The first-order valence-corrected chi connectivity index (χ1v) is 4.77. The van der Waals surface area contributed by atoms with Gasteiger partial charge in [-0.1, -0.05) is 24.3 Å². The minimum Gasteiger partial charge on any atom is -0.480 e. The van der Waals surface area contributed by atoms with Crippen LogP contribution < -0.4 is 5.32 Å². The number of hydrogen-bond donors (Lipinski definition) is 2. The Balaban J connectivity index is 0.00000112. The number of aliphatic carboxylic acids is 1. The van der Waals surface area contributed by atoms with Crippen LogP contribution in [0.15, 0.2) is 24.3 Å². The molecule has 1 aromatic carbocycles. The Bertz CT molecular complexity index is 329. The van der Waals surface area contributed by atoms with Crippen LogP contribution in [-0.2, 0) is 17.6 Å². The van der Waals surface area contributed by atoms with Crippen molar-refractivity contribution in [2.24, 2.45) is 0 Å². The van der Waals surface area contributed by atoms with Crippen molar-refractivity contribution in [3.8, 4) is 0 Å². The summed E-state index contributed by atoms with van der Waals surface area (Å²) in [5, 5.41) is 11.6. The molecule has 0 aromatic heterocycles. The third-order valence-corrected chi connectivity index (χ3v) is 2.59. The van der Waals surface area contributed by atoms with Gasteiger partial charge in [-0.25, -0.2) is 0 Å². The number of carbonyl (C=O) groups is 1. The fourth-order valence-corrected chi connectivity index (χ4v) is 1.93. The van der Waals surface area contributed by atoms with E-state index >= 15 is 0 Å². The Labute approximate surface area is 111 Å². The van der Waals surface area contributed by atoms with E-state index in [1.807, 2.05) is 12.1 Å². The van der Waals surface area contributed by atoms with Gasteiger partial charge in [0, 0.05) is 35.6 Å². The Hall–Kier alpha value is -0.350. The Morgan fingerprint density at radius 3 is 2.33 bits per heavy atom. The second-order valence-corrected chi connectivity index (χ2v) is 3.65. The summed E-state index contributed by atoms with van der Waals surface area (Å²) in [6.45, 7) is 0.0542. The van der Waals surface area contributed by atoms with Crippen molar-refractivity contribution >= 4 is 35.5 Å². The molecule has 4 heteroatoms. The molecule has 2 N–H and O–H groups in total. The molecule has 1 aliphatic rings. The molecule has 1 radical (unpaired) electrons. The van der Waals surface area contributed by atoms with E-state index in [0.29, 0.717) is 6.04 Å². The van der Waals surface area contributed by atoms with E-state index in [4.69, 9.17) is 5.11 Å². The third-order valence-electron chi connectivity index (χ3n) is 2.59. The van der Waals surface area contributed by atoms with Gasteiger partial charge in [0.2, 0.25) is 0 Å². The predicted molar refractivity (Wildman–Crippen MR) is 59.0 cm³/mol. The summed E-state index contributed by atoms with van der Waals surface area (Å²) in [6.07, 6.45) is 1.90. The van der Waals surface area contributed by atoms with E-state index in [2.05, 4.69) is 17.4 Å². The molecule has 0 fully saturated rings. The average molecular weight is 214 g/mol. The van der Waals surface area contributed by atoms with Crippen molar-refractivity contribution < 1.29 is 9.90 Å². The van der Waals surface area contributed by atoms with Gasteiger partial charge in [0.25, 0.3) is 0 Å². The molecule has 0 aliphatic heterocycles. The number of carboxylic acid groups (broad SMARTS) is 1. The first-order valence-electron chi connectivity index (χ1n) is 4.77. The second-order valence-electron chi connectivity index (χ2n) is 3.65. The maximum Gasteiger partial charge on any atom is 0.317 e. The SMILES string of the molecule is O=C(O)CNC1Cc2ccccc2C1.[Na]. The number of rotatable bonds is 3. The van der Waals surface area contributed by atoms with Crippen LogP contribution in [0.1, 0.15) is 11.1 Å². The zero-order valence-corrected chi connectivity index (χ0v) is 10.9. The van der Waals surface area contributed by atoms with Crippen LogP contribution in [0.25, 0.3) is 0 Å². The van der Waals surface area contributed by atoms with Crippen LogP contribution in [0.3, 0.4) is 0 Å². The molecule has 1 aromatic rings. The zero-order valence-electron chi connectivity index (χ0n) is 8.86. The minimum atomic E-state index is -0.791. The smallest absolute Gasteiger partial charge is 0.317 e. The molecule has 0 spiro atoms. The summed E-state index contributed by atoms with van der Waals surface area (Å²) >= 11 is 0. The summed E-state index contributed by atoms with van der Waals surface area (Å²) in [5.74, 6) is -0.791. The monoisotopic (exact) mass is 214 g/mol. The van der Waals surface area contributed by atoms with Crippen molar-refractivity contribution in [2.75, 3.05) is 6.54 Å². The summed E-state index contributed by atoms with van der Waals surface area (Å²) in [5.41, 5.74) is 2.69. The van der Waals surface area contributed by atoms with E-state index < -0.39 is 5.97 Å². The maximum absolute atomic E-state index is 10.4. The quantitative estimate of drug-likeness (QED) is 0.718. The van der Waals surface area contributed by atoms with Gasteiger partial charge >= 0.3 is 5.97 Å². The van der Waals surface area contributed by atoms with Gasteiger partial charge in [-0.15, -0.1) is 0 Å². The molecule has 1 aliphatic carbocycles. The summed E-state index contributed by atoms with van der Waals surface area (Å²) in [6, 6.07) is 8.57. The number of hydrogen-bond acceptors (Lipinski definition) is 2. The van der Waals surface area contributed by atoms with E-state index in [-0.39, 0.29) is 36.1 Å². The molecule has 0 amide bonds. The van der Waals surface area contributed by atoms with E-state index in [1.54, 1.807) is 0 Å². The van der Waals surface area contributed by atoms with Crippen LogP contribution in [0.4, 0.5) is 0 Å². The predicted octanol–water partition coefficient (Wildman–Crippen LogP) is 0.447. The summed E-state index contributed by atoms with van der Waals surface area (Å²) in [7, 11) is 0. The molecule has 0 saturated carbocycles. The maximum atomic E-state index is 10.4. The van der Waals surface area contributed by atoms with Crippen molar-refractivity contribution in [3.05, 3.63) is 35.4 Å². The number of benzene rings is 1.